The van der Waals surface area contributed by atoms with Crippen LogP contribution in [0.3, 0.4) is 0 Å². The molecule has 4 aromatic rings. The van der Waals surface area contributed by atoms with Gasteiger partial charge in [0.05, 0.1) is 22.8 Å². The van der Waals surface area contributed by atoms with Gasteiger partial charge in [-0.15, -0.1) is 0 Å². The summed E-state index contributed by atoms with van der Waals surface area (Å²) in [5, 5.41) is 17.2. The van der Waals surface area contributed by atoms with Gasteiger partial charge in [0.1, 0.15) is 0 Å². The van der Waals surface area contributed by atoms with Gasteiger partial charge in [-0.25, -0.2) is 10.1 Å². The highest BCUT2D eigenvalue weighted by Gasteiger charge is 2.29. The molecule has 0 fully saturated rings. The lowest BCUT2D eigenvalue weighted by atomic mass is 10.1. The second-order valence-corrected chi connectivity index (χ2v) is 6.50. The summed E-state index contributed by atoms with van der Waals surface area (Å²) in [5.41, 5.74) is 10.9. The summed E-state index contributed by atoms with van der Waals surface area (Å²) >= 11 is 0. The number of aromatic nitrogens is 4. The zero-order valence-corrected chi connectivity index (χ0v) is 15.1. The van der Waals surface area contributed by atoms with Crippen LogP contribution < -0.4 is 15.8 Å². The van der Waals surface area contributed by atoms with Crippen LogP contribution in [-0.4, -0.2) is 27.0 Å². The molecule has 27 heavy (non-hydrogen) atoms. The van der Waals surface area contributed by atoms with Gasteiger partial charge in [0, 0.05) is 31.2 Å². The molecule has 3 N–H and O–H groups in total. The molecular weight excluding hydrogens is 338 g/mol. The molecule has 0 amide bonds. The van der Waals surface area contributed by atoms with Gasteiger partial charge in [-0.1, -0.05) is 12.1 Å². The van der Waals surface area contributed by atoms with Crippen molar-refractivity contribution in [2.45, 2.75) is 6.92 Å². The van der Waals surface area contributed by atoms with Crippen LogP contribution in [0.25, 0.3) is 16.9 Å². The quantitative estimate of drug-likeness (QED) is 0.473. The average molecular weight is 357 g/mol. The topological polar surface area (TPSA) is 73.6 Å². The molecule has 3 heterocycles. The lowest BCUT2D eigenvalue weighted by Crippen LogP contribution is -2.16. The van der Waals surface area contributed by atoms with E-state index >= 15 is 0 Å². The Morgan fingerprint density at radius 2 is 1.85 bits per heavy atom. The Morgan fingerprint density at radius 1 is 1.04 bits per heavy atom. The van der Waals surface area contributed by atoms with Crippen LogP contribution in [0.15, 0.2) is 60.9 Å². The molecule has 0 radical (unpaired) electrons. The lowest BCUT2D eigenvalue weighted by molar-refractivity contribution is 0.880. The van der Waals surface area contributed by atoms with Crippen LogP contribution in [0.2, 0.25) is 0 Å². The Balaban J connectivity index is 1.36. The fraction of sp³-hybridized carbons (Fsp3) is 0.100. The average Bonchev–Trinajstić information content (AvgIpc) is 3.09. The van der Waals surface area contributed by atoms with E-state index in [1.54, 1.807) is 6.20 Å². The van der Waals surface area contributed by atoms with E-state index < -0.39 is 0 Å². The van der Waals surface area contributed by atoms with Gasteiger partial charge >= 0.3 is 0 Å². The van der Waals surface area contributed by atoms with Crippen LogP contribution in [0.4, 0.5) is 22.9 Å². The first kappa shape index (κ1) is 15.7. The molecule has 2 aromatic carbocycles. The number of nitrogens with zero attached hydrogens (tertiary/aromatic N) is 4. The molecule has 7 heteroatoms. The SMILES string of the molecule is CNN1c2cc(C)c(Nc3cc(-c4ccc(-n5cccn5)cc4)[nH]n3)cc21. The van der Waals surface area contributed by atoms with Gasteiger partial charge in [0.15, 0.2) is 5.82 Å². The van der Waals surface area contributed by atoms with Crippen molar-refractivity contribution >= 4 is 22.9 Å². The number of fused-ring (bicyclic) bond motifs is 1. The predicted molar refractivity (Wildman–Crippen MR) is 107 cm³/mol. The van der Waals surface area contributed by atoms with Gasteiger partial charge in [0.2, 0.25) is 0 Å². The first-order chi connectivity index (χ1) is 13.2. The van der Waals surface area contributed by atoms with E-state index in [1.165, 1.54) is 16.9 Å². The molecule has 2 aromatic heterocycles. The summed E-state index contributed by atoms with van der Waals surface area (Å²) in [6, 6.07) is 16.4. The monoisotopic (exact) mass is 357 g/mol. The number of hydrazine groups is 1. The van der Waals surface area contributed by atoms with E-state index in [0.717, 1.165) is 28.5 Å². The molecule has 7 nitrogen and oxygen atoms in total. The molecule has 5 rings (SSSR count). The van der Waals surface area contributed by atoms with Crippen molar-refractivity contribution in [3.8, 4) is 16.9 Å². The maximum absolute atomic E-state index is 4.40. The highest BCUT2D eigenvalue weighted by Crippen LogP contribution is 2.48. The van der Waals surface area contributed by atoms with Crippen LogP contribution in [0.5, 0.6) is 0 Å². The maximum atomic E-state index is 4.40. The Bertz CT molecular complexity index is 1090. The van der Waals surface area contributed by atoms with Gasteiger partial charge in [-0.2, -0.15) is 10.2 Å². The zero-order valence-electron chi connectivity index (χ0n) is 15.1. The van der Waals surface area contributed by atoms with E-state index in [0.29, 0.717) is 0 Å². The van der Waals surface area contributed by atoms with Crippen molar-refractivity contribution in [3.63, 3.8) is 0 Å². The molecule has 0 spiro atoms. The minimum Gasteiger partial charge on any atom is -0.338 e. The standard InChI is InChI=1S/C20H19N7/c1-13-10-18-19(27(18)21-2)11-16(13)23-20-12-17(24-25-20)14-4-6-15(7-5-14)26-9-3-8-22-26/h3-12,21H,1-2H3,(H2,23,24,25). The highest BCUT2D eigenvalue weighted by molar-refractivity contribution is 5.95. The number of hydrogen-bond acceptors (Lipinski definition) is 5. The third kappa shape index (κ3) is 2.74. The van der Waals surface area contributed by atoms with Gasteiger partial charge in [-0.3, -0.25) is 10.1 Å². The summed E-state index contributed by atoms with van der Waals surface area (Å²) in [7, 11) is 1.92. The van der Waals surface area contributed by atoms with Crippen LogP contribution in [0.1, 0.15) is 5.56 Å². The molecule has 0 saturated carbocycles. The molecule has 0 unspecified atom stereocenters. The molecule has 0 aliphatic carbocycles. The summed E-state index contributed by atoms with van der Waals surface area (Å²) in [6.45, 7) is 2.09. The molecule has 134 valence electrons. The summed E-state index contributed by atoms with van der Waals surface area (Å²) in [4.78, 5) is 0. The van der Waals surface area contributed by atoms with Crippen molar-refractivity contribution in [3.05, 3.63) is 66.5 Å². The van der Waals surface area contributed by atoms with E-state index in [4.69, 9.17) is 0 Å². The number of nitrogens with one attached hydrogen (secondary N) is 3. The molecule has 0 bridgehead atoms. The fourth-order valence-electron chi connectivity index (χ4n) is 3.26. The van der Waals surface area contributed by atoms with Crippen LogP contribution in [0, 0.1) is 6.92 Å². The van der Waals surface area contributed by atoms with E-state index in [9.17, 15) is 0 Å². The fourth-order valence-corrected chi connectivity index (χ4v) is 3.26. The van der Waals surface area contributed by atoms with Crippen LogP contribution in [-0.2, 0) is 0 Å². The van der Waals surface area contributed by atoms with E-state index in [2.05, 4.69) is 62.2 Å². The predicted octanol–water partition coefficient (Wildman–Crippen LogP) is 3.90. The van der Waals surface area contributed by atoms with Crippen LogP contribution >= 0.6 is 0 Å². The number of benzene rings is 2. The lowest BCUT2D eigenvalue weighted by Gasteiger charge is -2.04. The Hall–Kier alpha value is -3.58. The summed E-state index contributed by atoms with van der Waals surface area (Å²) in [5.74, 6) is 0.792. The zero-order chi connectivity index (χ0) is 18.4. The Labute approximate surface area is 156 Å². The number of H-pyrrole nitrogens is 1. The second kappa shape index (κ2) is 6.00. The first-order valence-electron chi connectivity index (χ1n) is 8.78. The highest BCUT2D eigenvalue weighted by atomic mass is 15.6. The Kier molecular flexibility index (Phi) is 3.48. The third-order valence-electron chi connectivity index (χ3n) is 4.76. The number of hydrogen-bond donors (Lipinski definition) is 3. The van der Waals surface area contributed by atoms with Crippen molar-refractivity contribution in [1.29, 1.82) is 0 Å². The second-order valence-electron chi connectivity index (χ2n) is 6.50. The van der Waals surface area contributed by atoms with Gasteiger partial charge in [-0.05, 0) is 48.4 Å². The molecule has 0 saturated heterocycles. The molecule has 1 aliphatic heterocycles. The van der Waals surface area contributed by atoms with Crippen molar-refractivity contribution in [2.75, 3.05) is 17.4 Å². The van der Waals surface area contributed by atoms with Crippen molar-refractivity contribution in [2.24, 2.45) is 0 Å². The normalized spacial score (nSPS) is 12.1. The molecule has 0 atom stereocenters. The Morgan fingerprint density at radius 3 is 2.59 bits per heavy atom. The largest absolute Gasteiger partial charge is 0.338 e. The van der Waals surface area contributed by atoms with E-state index in [-0.39, 0.29) is 0 Å². The number of aryl methyl sites for hydroxylation is 1. The van der Waals surface area contributed by atoms with Gasteiger partial charge in [0.25, 0.3) is 0 Å². The smallest absolute Gasteiger partial charge is 0.152 e. The first-order valence-corrected chi connectivity index (χ1v) is 8.78. The van der Waals surface area contributed by atoms with Crippen molar-refractivity contribution < 1.29 is 0 Å². The summed E-state index contributed by atoms with van der Waals surface area (Å²) < 4.78 is 1.84. The van der Waals surface area contributed by atoms with Gasteiger partial charge < -0.3 is 5.32 Å². The maximum Gasteiger partial charge on any atom is 0.152 e. The summed E-state index contributed by atoms with van der Waals surface area (Å²) in [6.07, 6.45) is 3.70. The number of rotatable bonds is 5. The minimum absolute atomic E-state index is 0.792. The third-order valence-corrected chi connectivity index (χ3v) is 4.76. The molecular formula is C20H19N7. The minimum atomic E-state index is 0.792. The number of anilines is 4. The van der Waals surface area contributed by atoms with E-state index in [1.807, 2.05) is 42.2 Å². The molecule has 1 aliphatic rings. The number of aromatic amines is 1. The van der Waals surface area contributed by atoms with Crippen molar-refractivity contribution in [1.82, 2.24) is 25.4 Å².